The molecular weight excluding hydrogens is 224 g/mol. The van der Waals surface area contributed by atoms with Crippen molar-refractivity contribution in [2.45, 2.75) is 26.8 Å². The van der Waals surface area contributed by atoms with Gasteiger partial charge in [-0.25, -0.2) is 9.97 Å². The zero-order valence-electron chi connectivity index (χ0n) is 10.8. The Balaban J connectivity index is 2.07. The molecule has 0 amide bonds. The van der Waals surface area contributed by atoms with Gasteiger partial charge in [-0.05, 0) is 37.6 Å². The van der Waals surface area contributed by atoms with Crippen LogP contribution in [-0.2, 0) is 6.54 Å². The predicted molar refractivity (Wildman–Crippen MR) is 72.0 cm³/mol. The van der Waals surface area contributed by atoms with Crippen molar-refractivity contribution in [2.75, 3.05) is 6.54 Å². The molecule has 4 nitrogen and oxygen atoms in total. The second-order valence-corrected chi connectivity index (χ2v) is 4.31. The van der Waals surface area contributed by atoms with Gasteiger partial charge in [0.05, 0.1) is 0 Å². The van der Waals surface area contributed by atoms with Gasteiger partial charge < -0.3 is 5.32 Å². The van der Waals surface area contributed by atoms with Gasteiger partial charge in [0, 0.05) is 30.7 Å². The Morgan fingerprint density at radius 1 is 1.17 bits per heavy atom. The standard InChI is InChI=1S/C14H18N4/c1-3-5-15-8-12-9-17-14(18-10-12)13-7-11(2)4-6-16-13/h4,6-7,9-10,15H,3,5,8H2,1-2H3. The summed E-state index contributed by atoms with van der Waals surface area (Å²) in [5.41, 5.74) is 3.08. The van der Waals surface area contributed by atoms with E-state index in [0.29, 0.717) is 5.82 Å². The SMILES string of the molecule is CCCNCc1cnc(-c2cc(C)ccn2)nc1. The van der Waals surface area contributed by atoms with E-state index in [1.165, 1.54) is 0 Å². The van der Waals surface area contributed by atoms with Crippen LogP contribution in [0, 0.1) is 6.92 Å². The Morgan fingerprint density at radius 2 is 1.94 bits per heavy atom. The van der Waals surface area contributed by atoms with Gasteiger partial charge in [-0.15, -0.1) is 0 Å². The van der Waals surface area contributed by atoms with Crippen molar-refractivity contribution in [3.05, 3.63) is 41.9 Å². The lowest BCUT2D eigenvalue weighted by Gasteiger charge is -2.04. The van der Waals surface area contributed by atoms with E-state index in [2.05, 4.69) is 27.2 Å². The Hall–Kier alpha value is -1.81. The van der Waals surface area contributed by atoms with E-state index >= 15 is 0 Å². The maximum Gasteiger partial charge on any atom is 0.178 e. The van der Waals surface area contributed by atoms with E-state index in [0.717, 1.165) is 36.3 Å². The lowest BCUT2D eigenvalue weighted by molar-refractivity contribution is 0.672. The van der Waals surface area contributed by atoms with E-state index < -0.39 is 0 Å². The maximum absolute atomic E-state index is 4.36. The molecule has 0 aliphatic rings. The van der Waals surface area contributed by atoms with Gasteiger partial charge in [-0.2, -0.15) is 0 Å². The fraction of sp³-hybridized carbons (Fsp3) is 0.357. The van der Waals surface area contributed by atoms with Crippen LogP contribution in [0.15, 0.2) is 30.7 Å². The highest BCUT2D eigenvalue weighted by Crippen LogP contribution is 2.12. The largest absolute Gasteiger partial charge is 0.313 e. The summed E-state index contributed by atoms with van der Waals surface area (Å²) in [6.45, 7) is 6.01. The molecule has 0 spiro atoms. The summed E-state index contributed by atoms with van der Waals surface area (Å²) < 4.78 is 0. The molecule has 0 radical (unpaired) electrons. The average Bonchev–Trinajstić information content (AvgIpc) is 2.40. The lowest BCUT2D eigenvalue weighted by Crippen LogP contribution is -2.14. The summed E-state index contributed by atoms with van der Waals surface area (Å²) in [6.07, 6.45) is 6.63. The lowest BCUT2D eigenvalue weighted by atomic mass is 10.2. The minimum Gasteiger partial charge on any atom is -0.313 e. The van der Waals surface area contributed by atoms with Crippen LogP contribution in [0.25, 0.3) is 11.5 Å². The van der Waals surface area contributed by atoms with Crippen molar-refractivity contribution >= 4 is 0 Å². The first-order valence-electron chi connectivity index (χ1n) is 6.24. The van der Waals surface area contributed by atoms with Crippen molar-refractivity contribution in [3.8, 4) is 11.5 Å². The zero-order valence-corrected chi connectivity index (χ0v) is 10.8. The van der Waals surface area contributed by atoms with Crippen molar-refractivity contribution in [1.82, 2.24) is 20.3 Å². The molecule has 2 aromatic rings. The number of aryl methyl sites for hydroxylation is 1. The van der Waals surface area contributed by atoms with Crippen LogP contribution in [0.3, 0.4) is 0 Å². The minimum absolute atomic E-state index is 0.679. The van der Waals surface area contributed by atoms with Gasteiger partial charge in [0.25, 0.3) is 0 Å². The molecule has 0 aliphatic carbocycles. The number of pyridine rings is 1. The van der Waals surface area contributed by atoms with E-state index in [-0.39, 0.29) is 0 Å². The fourth-order valence-electron chi connectivity index (χ4n) is 1.65. The number of rotatable bonds is 5. The highest BCUT2D eigenvalue weighted by molar-refractivity contribution is 5.49. The van der Waals surface area contributed by atoms with E-state index in [1.54, 1.807) is 6.20 Å². The molecule has 4 heteroatoms. The molecule has 0 saturated heterocycles. The summed E-state index contributed by atoms with van der Waals surface area (Å²) in [4.78, 5) is 13.0. The second kappa shape index (κ2) is 6.21. The van der Waals surface area contributed by atoms with Crippen LogP contribution in [0.2, 0.25) is 0 Å². The minimum atomic E-state index is 0.679. The smallest absolute Gasteiger partial charge is 0.178 e. The van der Waals surface area contributed by atoms with Crippen LogP contribution < -0.4 is 5.32 Å². The molecule has 2 rings (SSSR count). The third-order valence-corrected chi connectivity index (χ3v) is 2.61. The third-order valence-electron chi connectivity index (χ3n) is 2.61. The topological polar surface area (TPSA) is 50.7 Å². The second-order valence-electron chi connectivity index (χ2n) is 4.31. The van der Waals surface area contributed by atoms with Gasteiger partial charge in [-0.3, -0.25) is 4.98 Å². The van der Waals surface area contributed by atoms with Crippen molar-refractivity contribution < 1.29 is 0 Å². The fourth-order valence-corrected chi connectivity index (χ4v) is 1.65. The summed E-state index contributed by atoms with van der Waals surface area (Å²) in [7, 11) is 0. The molecule has 0 aromatic carbocycles. The van der Waals surface area contributed by atoms with Gasteiger partial charge in [0.2, 0.25) is 0 Å². The molecule has 2 aromatic heterocycles. The van der Waals surface area contributed by atoms with Crippen LogP contribution in [-0.4, -0.2) is 21.5 Å². The monoisotopic (exact) mass is 242 g/mol. The first-order chi connectivity index (χ1) is 8.79. The van der Waals surface area contributed by atoms with Crippen molar-refractivity contribution in [1.29, 1.82) is 0 Å². The Kier molecular flexibility index (Phi) is 4.36. The Bertz CT molecular complexity index is 493. The normalized spacial score (nSPS) is 10.6. The molecule has 0 bridgehead atoms. The van der Waals surface area contributed by atoms with E-state index in [9.17, 15) is 0 Å². The van der Waals surface area contributed by atoms with Gasteiger partial charge in [-0.1, -0.05) is 6.92 Å². The van der Waals surface area contributed by atoms with Crippen molar-refractivity contribution in [2.24, 2.45) is 0 Å². The molecule has 1 N–H and O–H groups in total. The van der Waals surface area contributed by atoms with Gasteiger partial charge in [0.15, 0.2) is 5.82 Å². The first-order valence-corrected chi connectivity index (χ1v) is 6.24. The zero-order chi connectivity index (χ0) is 12.8. The summed E-state index contributed by atoms with van der Waals surface area (Å²) in [6, 6.07) is 3.96. The van der Waals surface area contributed by atoms with Crippen LogP contribution in [0.1, 0.15) is 24.5 Å². The average molecular weight is 242 g/mol. The van der Waals surface area contributed by atoms with Crippen LogP contribution in [0.5, 0.6) is 0 Å². The number of nitrogens with one attached hydrogen (secondary N) is 1. The summed E-state index contributed by atoms with van der Waals surface area (Å²) in [5.74, 6) is 0.679. The molecule has 0 saturated carbocycles. The van der Waals surface area contributed by atoms with Crippen LogP contribution >= 0.6 is 0 Å². The number of hydrogen-bond donors (Lipinski definition) is 1. The highest BCUT2D eigenvalue weighted by Gasteiger charge is 2.02. The highest BCUT2D eigenvalue weighted by atomic mass is 14.9. The molecule has 2 heterocycles. The Morgan fingerprint density at radius 3 is 2.61 bits per heavy atom. The van der Waals surface area contributed by atoms with Gasteiger partial charge >= 0.3 is 0 Å². The molecule has 0 fully saturated rings. The molecular formula is C14H18N4. The molecule has 18 heavy (non-hydrogen) atoms. The van der Waals surface area contributed by atoms with Gasteiger partial charge in [0.1, 0.15) is 5.69 Å². The molecule has 0 aliphatic heterocycles. The van der Waals surface area contributed by atoms with E-state index in [4.69, 9.17) is 0 Å². The Labute approximate surface area is 108 Å². The third kappa shape index (κ3) is 3.34. The van der Waals surface area contributed by atoms with Crippen molar-refractivity contribution in [3.63, 3.8) is 0 Å². The number of hydrogen-bond acceptors (Lipinski definition) is 4. The van der Waals surface area contributed by atoms with E-state index in [1.807, 2.05) is 31.5 Å². The molecule has 0 atom stereocenters. The summed E-state index contributed by atoms with van der Waals surface area (Å²) >= 11 is 0. The molecule has 94 valence electrons. The number of nitrogens with zero attached hydrogens (tertiary/aromatic N) is 3. The quantitative estimate of drug-likeness (QED) is 0.818. The first kappa shape index (κ1) is 12.6. The number of aromatic nitrogens is 3. The molecule has 0 unspecified atom stereocenters. The summed E-state index contributed by atoms with van der Waals surface area (Å²) in [5, 5.41) is 3.32. The maximum atomic E-state index is 4.36. The van der Waals surface area contributed by atoms with Crippen LogP contribution in [0.4, 0.5) is 0 Å². The predicted octanol–water partition coefficient (Wildman–Crippen LogP) is 2.35.